The van der Waals surface area contributed by atoms with Crippen LogP contribution in [0.2, 0.25) is 0 Å². The molecule has 0 aliphatic rings. The van der Waals surface area contributed by atoms with Crippen LogP contribution in [-0.2, 0) is 16.1 Å². The number of nitrogens with one attached hydrogen (secondary N) is 1. The Morgan fingerprint density at radius 1 is 1.03 bits per heavy atom. The van der Waals surface area contributed by atoms with Gasteiger partial charge in [-0.15, -0.1) is 0 Å². The van der Waals surface area contributed by atoms with Crippen LogP contribution in [0.25, 0.3) is 16.9 Å². The third kappa shape index (κ3) is 4.11. The molecule has 0 aliphatic carbocycles. The van der Waals surface area contributed by atoms with E-state index in [4.69, 9.17) is 4.74 Å². The highest BCUT2D eigenvalue weighted by Gasteiger charge is 2.22. The first-order chi connectivity index (χ1) is 15.9. The van der Waals surface area contributed by atoms with Crippen molar-refractivity contribution >= 4 is 28.6 Å². The van der Waals surface area contributed by atoms with E-state index in [1.807, 2.05) is 0 Å². The fourth-order valence-electron chi connectivity index (χ4n) is 3.25. The molecule has 3 aromatic heterocycles. The van der Waals surface area contributed by atoms with Gasteiger partial charge in [0.15, 0.2) is 5.82 Å². The molecule has 1 amide bonds. The SMILES string of the molecule is COC(=O)c1cccnc1-n1c(=O)c2cccnc2n(CC(=O)Nc2ccc(F)cc2)c1=O. The van der Waals surface area contributed by atoms with Gasteiger partial charge in [0.25, 0.3) is 5.56 Å². The second kappa shape index (κ2) is 8.83. The minimum Gasteiger partial charge on any atom is -0.465 e. The van der Waals surface area contributed by atoms with E-state index in [2.05, 4.69) is 15.3 Å². The van der Waals surface area contributed by atoms with Crippen molar-refractivity contribution in [1.82, 2.24) is 19.1 Å². The molecule has 3 heterocycles. The third-order valence-electron chi connectivity index (χ3n) is 4.73. The molecule has 0 radical (unpaired) electrons. The van der Waals surface area contributed by atoms with Crippen LogP contribution in [0, 0.1) is 5.82 Å². The summed E-state index contributed by atoms with van der Waals surface area (Å²) in [7, 11) is 1.16. The molecular formula is C22H16FN5O5. The van der Waals surface area contributed by atoms with Gasteiger partial charge in [0, 0.05) is 18.1 Å². The van der Waals surface area contributed by atoms with Crippen molar-refractivity contribution < 1.29 is 18.7 Å². The molecule has 10 nitrogen and oxygen atoms in total. The largest absolute Gasteiger partial charge is 0.465 e. The van der Waals surface area contributed by atoms with Crippen LogP contribution < -0.4 is 16.6 Å². The number of ether oxygens (including phenoxy) is 1. The zero-order valence-electron chi connectivity index (χ0n) is 17.2. The molecule has 0 saturated heterocycles. The number of carbonyl (C=O) groups is 2. The van der Waals surface area contributed by atoms with Crippen LogP contribution in [0.3, 0.4) is 0 Å². The van der Waals surface area contributed by atoms with Gasteiger partial charge in [0.1, 0.15) is 23.6 Å². The van der Waals surface area contributed by atoms with Crippen molar-refractivity contribution in [3.8, 4) is 5.82 Å². The van der Waals surface area contributed by atoms with E-state index in [-0.39, 0.29) is 22.4 Å². The number of hydrogen-bond donors (Lipinski definition) is 1. The first-order valence-corrected chi connectivity index (χ1v) is 9.60. The number of rotatable bonds is 5. The van der Waals surface area contributed by atoms with Crippen LogP contribution in [0.5, 0.6) is 0 Å². The number of anilines is 1. The Morgan fingerprint density at radius 3 is 2.45 bits per heavy atom. The first kappa shape index (κ1) is 21.6. The van der Waals surface area contributed by atoms with Crippen LogP contribution in [-0.4, -0.2) is 38.1 Å². The van der Waals surface area contributed by atoms with Crippen LogP contribution in [0.1, 0.15) is 10.4 Å². The second-order valence-corrected chi connectivity index (χ2v) is 6.81. The lowest BCUT2D eigenvalue weighted by atomic mass is 10.2. The lowest BCUT2D eigenvalue weighted by Crippen LogP contribution is -2.42. The average Bonchev–Trinajstić information content (AvgIpc) is 2.83. The maximum Gasteiger partial charge on any atom is 0.341 e. The molecule has 0 bridgehead atoms. The Hall–Kier alpha value is -4.67. The first-order valence-electron chi connectivity index (χ1n) is 9.60. The minimum absolute atomic E-state index is 0.0199. The molecule has 0 saturated carbocycles. The number of aromatic nitrogens is 4. The van der Waals surface area contributed by atoms with Crippen LogP contribution >= 0.6 is 0 Å². The van der Waals surface area contributed by atoms with Crippen molar-refractivity contribution in [3.63, 3.8) is 0 Å². The summed E-state index contributed by atoms with van der Waals surface area (Å²) in [6.45, 7) is -0.510. The monoisotopic (exact) mass is 449 g/mol. The lowest BCUT2D eigenvalue weighted by molar-refractivity contribution is -0.116. The summed E-state index contributed by atoms with van der Waals surface area (Å²) in [5.74, 6) is -2.12. The van der Waals surface area contributed by atoms with Gasteiger partial charge in [0.05, 0.1) is 12.5 Å². The van der Waals surface area contributed by atoms with Crippen molar-refractivity contribution in [2.75, 3.05) is 12.4 Å². The molecule has 0 fully saturated rings. The summed E-state index contributed by atoms with van der Waals surface area (Å²) in [5, 5.41) is 2.59. The summed E-state index contributed by atoms with van der Waals surface area (Å²) >= 11 is 0. The Balaban J connectivity index is 1.87. The Morgan fingerprint density at radius 2 is 1.73 bits per heavy atom. The summed E-state index contributed by atoms with van der Waals surface area (Å²) in [6.07, 6.45) is 2.69. The number of amides is 1. The van der Waals surface area contributed by atoms with E-state index in [0.29, 0.717) is 10.3 Å². The Kier molecular flexibility index (Phi) is 5.77. The van der Waals surface area contributed by atoms with Gasteiger partial charge >= 0.3 is 11.7 Å². The summed E-state index contributed by atoms with van der Waals surface area (Å²) < 4.78 is 19.5. The predicted molar refractivity (Wildman–Crippen MR) is 116 cm³/mol. The number of nitrogens with zero attached hydrogens (tertiary/aromatic N) is 4. The number of benzene rings is 1. The topological polar surface area (TPSA) is 125 Å². The molecule has 4 aromatic rings. The fourth-order valence-corrected chi connectivity index (χ4v) is 3.25. The third-order valence-corrected chi connectivity index (χ3v) is 4.73. The summed E-state index contributed by atoms with van der Waals surface area (Å²) in [4.78, 5) is 59.5. The van der Waals surface area contributed by atoms with Gasteiger partial charge in [-0.3, -0.25) is 14.2 Å². The van der Waals surface area contributed by atoms with Gasteiger partial charge in [-0.25, -0.2) is 28.5 Å². The number of halogens is 1. The second-order valence-electron chi connectivity index (χ2n) is 6.81. The fraction of sp³-hybridized carbons (Fsp3) is 0.0909. The van der Waals surface area contributed by atoms with Crippen molar-refractivity contribution in [2.24, 2.45) is 0 Å². The van der Waals surface area contributed by atoms with Crippen LogP contribution in [0.15, 0.2) is 70.5 Å². The quantitative estimate of drug-likeness (QED) is 0.458. The number of carbonyl (C=O) groups excluding carboxylic acids is 2. The molecule has 1 aromatic carbocycles. The van der Waals surface area contributed by atoms with Crippen LogP contribution in [0.4, 0.5) is 10.1 Å². The number of fused-ring (bicyclic) bond motifs is 1. The molecule has 1 N–H and O–H groups in total. The van der Waals surface area contributed by atoms with Gasteiger partial charge in [-0.05, 0) is 48.5 Å². The standard InChI is InChI=1S/C22H16FN5O5/c1-33-21(31)16-5-3-11-25-19(16)28-20(30)15-4-2-10-24-18(15)27(22(28)32)12-17(29)26-14-8-6-13(23)7-9-14/h2-11H,12H2,1H3,(H,26,29). The molecule has 11 heteroatoms. The number of pyridine rings is 2. The molecule has 0 aliphatic heterocycles. The van der Waals surface area contributed by atoms with E-state index in [9.17, 15) is 23.6 Å². The maximum absolute atomic E-state index is 13.4. The van der Waals surface area contributed by atoms with Gasteiger partial charge in [0.2, 0.25) is 5.91 Å². The molecule has 0 atom stereocenters. The molecule has 0 unspecified atom stereocenters. The Labute approximate surface area is 184 Å². The van der Waals surface area contributed by atoms with Crippen molar-refractivity contribution in [2.45, 2.75) is 6.54 Å². The number of methoxy groups -OCH3 is 1. The smallest absolute Gasteiger partial charge is 0.341 e. The minimum atomic E-state index is -0.927. The number of hydrogen-bond acceptors (Lipinski definition) is 7. The molecule has 166 valence electrons. The number of esters is 1. The van der Waals surface area contributed by atoms with E-state index in [1.54, 1.807) is 0 Å². The highest BCUT2D eigenvalue weighted by molar-refractivity contribution is 5.93. The van der Waals surface area contributed by atoms with E-state index in [0.717, 1.165) is 11.7 Å². The Bertz CT molecular complexity index is 1490. The highest BCUT2D eigenvalue weighted by Crippen LogP contribution is 2.13. The maximum atomic E-state index is 13.4. The van der Waals surface area contributed by atoms with Gasteiger partial charge < -0.3 is 10.1 Å². The van der Waals surface area contributed by atoms with Crippen molar-refractivity contribution in [1.29, 1.82) is 0 Å². The van der Waals surface area contributed by atoms with E-state index in [1.165, 1.54) is 60.9 Å². The zero-order valence-corrected chi connectivity index (χ0v) is 17.2. The van der Waals surface area contributed by atoms with Crippen molar-refractivity contribution in [3.05, 3.63) is 93.1 Å². The van der Waals surface area contributed by atoms with E-state index < -0.39 is 35.5 Å². The normalized spacial score (nSPS) is 10.7. The highest BCUT2D eigenvalue weighted by atomic mass is 19.1. The summed E-state index contributed by atoms with van der Waals surface area (Å²) in [5.41, 5.74) is -1.50. The van der Waals surface area contributed by atoms with Gasteiger partial charge in [-0.2, -0.15) is 0 Å². The molecule has 0 spiro atoms. The lowest BCUT2D eigenvalue weighted by Gasteiger charge is -2.14. The van der Waals surface area contributed by atoms with E-state index >= 15 is 0 Å². The molecule has 4 rings (SSSR count). The van der Waals surface area contributed by atoms with Gasteiger partial charge in [-0.1, -0.05) is 0 Å². The zero-order chi connectivity index (χ0) is 23.5. The predicted octanol–water partition coefficient (Wildman–Crippen LogP) is 1.51. The molecular weight excluding hydrogens is 433 g/mol. The summed E-state index contributed by atoms with van der Waals surface area (Å²) in [6, 6.07) is 10.8. The molecule has 33 heavy (non-hydrogen) atoms. The average molecular weight is 449 g/mol.